The lowest BCUT2D eigenvalue weighted by Gasteiger charge is -2.04. The summed E-state index contributed by atoms with van der Waals surface area (Å²) in [5, 5.41) is 2.61. The molecule has 0 aliphatic rings. The summed E-state index contributed by atoms with van der Waals surface area (Å²) in [6, 6.07) is 10.3. The van der Waals surface area contributed by atoms with Crippen LogP contribution in [-0.2, 0) is 26.1 Å². The van der Waals surface area contributed by atoms with Gasteiger partial charge in [0, 0.05) is 13.7 Å². The third-order valence-corrected chi connectivity index (χ3v) is 4.81. The number of furan rings is 1. The van der Waals surface area contributed by atoms with E-state index in [1.807, 2.05) is 25.1 Å². The van der Waals surface area contributed by atoms with Crippen LogP contribution < -0.4 is 5.32 Å². The Morgan fingerprint density at radius 3 is 2.71 bits per heavy atom. The normalized spacial score (nSPS) is 11.4. The van der Waals surface area contributed by atoms with Gasteiger partial charge in [0.05, 0.1) is 12.4 Å². The number of hydrogen-bond acceptors (Lipinski definition) is 5. The zero-order valence-corrected chi connectivity index (χ0v) is 14.6. The average Bonchev–Trinajstić information content (AvgIpc) is 2.94. The molecule has 24 heavy (non-hydrogen) atoms. The van der Waals surface area contributed by atoms with E-state index in [2.05, 4.69) is 5.32 Å². The second-order valence-electron chi connectivity index (χ2n) is 5.54. The molecule has 0 fully saturated rings. The van der Waals surface area contributed by atoms with E-state index in [1.165, 1.54) is 19.2 Å². The first-order valence-electron chi connectivity index (χ1n) is 7.51. The van der Waals surface area contributed by atoms with Crippen LogP contribution in [0.3, 0.4) is 0 Å². The maximum absolute atomic E-state index is 12.3. The average molecular weight is 351 g/mol. The van der Waals surface area contributed by atoms with Gasteiger partial charge in [0.15, 0.2) is 15.6 Å². The third kappa shape index (κ3) is 5.50. The number of methoxy groups -OCH3 is 1. The number of carbonyl (C=O) groups is 1. The van der Waals surface area contributed by atoms with E-state index in [0.717, 1.165) is 11.1 Å². The number of amides is 1. The van der Waals surface area contributed by atoms with Crippen LogP contribution in [-0.4, -0.2) is 34.6 Å². The zero-order valence-electron chi connectivity index (χ0n) is 13.7. The van der Waals surface area contributed by atoms with Gasteiger partial charge in [0.1, 0.15) is 11.5 Å². The predicted octanol–water partition coefficient (Wildman–Crippen LogP) is 2.08. The Morgan fingerprint density at radius 2 is 2.00 bits per heavy atom. The van der Waals surface area contributed by atoms with E-state index in [1.54, 1.807) is 6.07 Å². The Balaban J connectivity index is 1.99. The van der Waals surface area contributed by atoms with E-state index in [9.17, 15) is 13.2 Å². The van der Waals surface area contributed by atoms with E-state index in [-0.39, 0.29) is 23.0 Å². The molecule has 0 spiro atoms. The minimum absolute atomic E-state index is 0.0647. The van der Waals surface area contributed by atoms with Gasteiger partial charge in [-0.05, 0) is 24.6 Å². The molecule has 0 saturated carbocycles. The summed E-state index contributed by atoms with van der Waals surface area (Å²) in [7, 11) is -1.85. The maximum Gasteiger partial charge on any atom is 0.287 e. The number of benzene rings is 1. The molecule has 0 atom stereocenters. The van der Waals surface area contributed by atoms with E-state index in [0.29, 0.717) is 13.2 Å². The first-order valence-corrected chi connectivity index (χ1v) is 9.33. The minimum atomic E-state index is -3.38. The Hall–Kier alpha value is -2.12. The third-order valence-electron chi connectivity index (χ3n) is 3.31. The van der Waals surface area contributed by atoms with Crippen molar-refractivity contribution in [2.24, 2.45) is 0 Å². The van der Waals surface area contributed by atoms with Gasteiger partial charge in [0.2, 0.25) is 0 Å². The van der Waals surface area contributed by atoms with Crippen LogP contribution in [0.25, 0.3) is 0 Å². The van der Waals surface area contributed by atoms with Crippen LogP contribution in [0.2, 0.25) is 0 Å². The summed E-state index contributed by atoms with van der Waals surface area (Å²) in [5.41, 5.74) is 1.75. The molecule has 2 rings (SSSR count). The molecule has 0 bridgehead atoms. The highest BCUT2D eigenvalue weighted by Gasteiger charge is 2.18. The molecular weight excluding hydrogens is 330 g/mol. The summed E-state index contributed by atoms with van der Waals surface area (Å²) in [6.07, 6.45) is 0. The first kappa shape index (κ1) is 18.2. The molecule has 1 N–H and O–H groups in total. The molecule has 7 heteroatoms. The SMILES string of the molecule is COCCNC(=O)c1ccc(CS(=O)(=O)Cc2cccc(C)c2)o1. The highest BCUT2D eigenvalue weighted by atomic mass is 32.2. The van der Waals surface area contributed by atoms with E-state index >= 15 is 0 Å². The Morgan fingerprint density at radius 1 is 1.21 bits per heavy atom. The van der Waals surface area contributed by atoms with Crippen molar-refractivity contribution < 1.29 is 22.4 Å². The van der Waals surface area contributed by atoms with Crippen molar-refractivity contribution in [3.8, 4) is 0 Å². The molecule has 1 heterocycles. The van der Waals surface area contributed by atoms with Crippen LogP contribution in [0.15, 0.2) is 40.8 Å². The van der Waals surface area contributed by atoms with Crippen molar-refractivity contribution >= 4 is 15.7 Å². The number of aryl methyl sites for hydroxylation is 1. The number of sulfone groups is 1. The lowest BCUT2D eigenvalue weighted by Crippen LogP contribution is -2.26. The standard InChI is InChI=1S/C17H21NO5S/c1-13-4-3-5-14(10-13)11-24(20,21)12-15-6-7-16(23-15)17(19)18-8-9-22-2/h3-7,10H,8-9,11-12H2,1-2H3,(H,18,19). The van der Waals surface area contributed by atoms with Crippen LogP contribution in [0.5, 0.6) is 0 Å². The molecular formula is C17H21NO5S. The summed E-state index contributed by atoms with van der Waals surface area (Å²) < 4.78 is 34.8. The van der Waals surface area contributed by atoms with E-state index in [4.69, 9.17) is 9.15 Å². The Bertz CT molecular complexity index is 795. The zero-order chi connectivity index (χ0) is 17.6. The molecule has 0 aliphatic heterocycles. The minimum Gasteiger partial charge on any atom is -0.455 e. The number of hydrogen-bond donors (Lipinski definition) is 1. The fourth-order valence-corrected chi connectivity index (χ4v) is 3.63. The molecule has 0 aliphatic carbocycles. The van der Waals surface area contributed by atoms with Crippen molar-refractivity contribution in [2.75, 3.05) is 20.3 Å². The lowest BCUT2D eigenvalue weighted by atomic mass is 10.2. The second-order valence-corrected chi connectivity index (χ2v) is 7.60. The number of rotatable bonds is 8. The highest BCUT2D eigenvalue weighted by Crippen LogP contribution is 2.16. The molecule has 6 nitrogen and oxygen atoms in total. The largest absolute Gasteiger partial charge is 0.455 e. The van der Waals surface area contributed by atoms with Gasteiger partial charge in [-0.3, -0.25) is 4.79 Å². The van der Waals surface area contributed by atoms with Gasteiger partial charge in [-0.1, -0.05) is 29.8 Å². The fraction of sp³-hybridized carbons (Fsp3) is 0.353. The van der Waals surface area contributed by atoms with Gasteiger partial charge >= 0.3 is 0 Å². The molecule has 0 saturated heterocycles. The highest BCUT2D eigenvalue weighted by molar-refractivity contribution is 7.89. The molecule has 2 aromatic rings. The molecule has 1 aromatic carbocycles. The van der Waals surface area contributed by atoms with Gasteiger partial charge < -0.3 is 14.5 Å². The van der Waals surface area contributed by atoms with Gasteiger partial charge in [-0.25, -0.2) is 8.42 Å². The van der Waals surface area contributed by atoms with Crippen molar-refractivity contribution in [2.45, 2.75) is 18.4 Å². The van der Waals surface area contributed by atoms with Crippen LogP contribution in [0.4, 0.5) is 0 Å². The lowest BCUT2D eigenvalue weighted by molar-refractivity contribution is 0.0908. The molecule has 1 aromatic heterocycles. The summed E-state index contributed by atoms with van der Waals surface area (Å²) >= 11 is 0. The van der Waals surface area contributed by atoms with Crippen molar-refractivity contribution in [3.05, 3.63) is 59.0 Å². The van der Waals surface area contributed by atoms with Crippen molar-refractivity contribution in [1.82, 2.24) is 5.32 Å². The molecule has 0 unspecified atom stereocenters. The summed E-state index contributed by atoms with van der Waals surface area (Å²) in [5.74, 6) is -0.363. The van der Waals surface area contributed by atoms with Gasteiger partial charge in [-0.2, -0.15) is 0 Å². The first-order chi connectivity index (χ1) is 11.4. The maximum atomic E-state index is 12.3. The quantitative estimate of drug-likeness (QED) is 0.736. The van der Waals surface area contributed by atoms with Crippen LogP contribution in [0.1, 0.15) is 27.4 Å². The number of carbonyl (C=O) groups excluding carboxylic acids is 1. The van der Waals surface area contributed by atoms with Crippen LogP contribution >= 0.6 is 0 Å². The fourth-order valence-electron chi connectivity index (χ4n) is 2.25. The van der Waals surface area contributed by atoms with E-state index < -0.39 is 15.7 Å². The number of nitrogens with one attached hydrogen (secondary N) is 1. The summed E-state index contributed by atoms with van der Waals surface area (Å²) in [4.78, 5) is 11.8. The topological polar surface area (TPSA) is 85.6 Å². The number of ether oxygens (including phenoxy) is 1. The van der Waals surface area contributed by atoms with Gasteiger partial charge in [0.25, 0.3) is 5.91 Å². The van der Waals surface area contributed by atoms with Crippen LogP contribution in [0, 0.1) is 6.92 Å². The van der Waals surface area contributed by atoms with Crippen molar-refractivity contribution in [3.63, 3.8) is 0 Å². The molecule has 0 radical (unpaired) electrons. The predicted molar refractivity (Wildman–Crippen MR) is 90.4 cm³/mol. The molecule has 130 valence electrons. The second kappa shape index (κ2) is 8.12. The Labute approximate surface area is 141 Å². The smallest absolute Gasteiger partial charge is 0.287 e. The van der Waals surface area contributed by atoms with Gasteiger partial charge in [-0.15, -0.1) is 0 Å². The van der Waals surface area contributed by atoms with Crippen molar-refractivity contribution in [1.29, 1.82) is 0 Å². The molecule has 1 amide bonds. The monoisotopic (exact) mass is 351 g/mol. The Kier molecular flexibility index (Phi) is 6.16. The summed E-state index contributed by atoms with van der Waals surface area (Å²) in [6.45, 7) is 2.66.